The van der Waals surface area contributed by atoms with Crippen molar-refractivity contribution >= 4 is 23.0 Å². The first kappa shape index (κ1) is 21.6. The molecule has 1 aromatic carbocycles. The quantitative estimate of drug-likeness (QED) is 0.522. The highest BCUT2D eigenvalue weighted by Crippen LogP contribution is 2.39. The van der Waals surface area contributed by atoms with E-state index in [1.165, 1.54) is 16.2 Å². The lowest BCUT2D eigenvalue weighted by Gasteiger charge is -2.26. The highest BCUT2D eigenvalue weighted by Gasteiger charge is 2.43. The zero-order chi connectivity index (χ0) is 22.7. The van der Waals surface area contributed by atoms with Gasteiger partial charge in [-0.3, -0.25) is 14.6 Å². The Morgan fingerprint density at radius 2 is 1.97 bits per heavy atom. The molecule has 0 aliphatic carbocycles. The maximum Gasteiger partial charge on any atom is 0.290 e. The van der Waals surface area contributed by atoms with E-state index in [1.54, 1.807) is 62.3 Å². The number of aromatic nitrogens is 1. The molecule has 4 rings (SSSR count). The number of Topliss-reactive ketones (excluding diaryl/α,β-unsaturated/α-hetero) is 1. The fraction of sp³-hybridized carbons (Fsp3) is 0.208. The monoisotopic (exact) mass is 450 g/mol. The van der Waals surface area contributed by atoms with Crippen LogP contribution in [0.5, 0.6) is 11.5 Å². The first-order valence-corrected chi connectivity index (χ1v) is 10.9. The van der Waals surface area contributed by atoms with Gasteiger partial charge in [0.15, 0.2) is 17.3 Å². The second-order valence-electron chi connectivity index (χ2n) is 7.20. The van der Waals surface area contributed by atoms with E-state index in [-0.39, 0.29) is 11.4 Å². The second kappa shape index (κ2) is 9.23. The Morgan fingerprint density at radius 3 is 2.62 bits per heavy atom. The van der Waals surface area contributed by atoms with Gasteiger partial charge in [0.25, 0.3) is 5.91 Å². The molecule has 0 radical (unpaired) electrons. The molecule has 1 N–H and O–H groups in total. The van der Waals surface area contributed by atoms with Crippen molar-refractivity contribution in [3.63, 3.8) is 0 Å². The average Bonchev–Trinajstić information content (AvgIpc) is 3.45. The summed E-state index contributed by atoms with van der Waals surface area (Å²) in [7, 11) is 3.13. The van der Waals surface area contributed by atoms with Crippen LogP contribution in [0.1, 0.15) is 26.8 Å². The largest absolute Gasteiger partial charge is 0.503 e. The van der Waals surface area contributed by atoms with E-state index in [4.69, 9.17) is 9.47 Å². The zero-order valence-electron chi connectivity index (χ0n) is 17.6. The SMILES string of the molecule is COc1ccc(CCN2C(=O)C(O)=C(C(=O)c3cccs3)C2c2cccnc2)cc1OC. The lowest BCUT2D eigenvalue weighted by molar-refractivity contribution is -0.129. The summed E-state index contributed by atoms with van der Waals surface area (Å²) in [6.07, 6.45) is 3.73. The molecule has 1 unspecified atom stereocenters. The van der Waals surface area contributed by atoms with Crippen LogP contribution in [0.25, 0.3) is 0 Å². The molecule has 3 heterocycles. The number of aliphatic hydroxyl groups is 1. The van der Waals surface area contributed by atoms with Gasteiger partial charge in [0.1, 0.15) is 0 Å². The van der Waals surface area contributed by atoms with Crippen molar-refractivity contribution in [3.05, 3.63) is 87.6 Å². The minimum atomic E-state index is -0.717. The van der Waals surface area contributed by atoms with Crippen molar-refractivity contribution in [3.8, 4) is 11.5 Å². The van der Waals surface area contributed by atoms with E-state index in [0.29, 0.717) is 34.9 Å². The van der Waals surface area contributed by atoms with Crippen molar-refractivity contribution < 1.29 is 24.2 Å². The molecule has 2 aromatic heterocycles. The molecule has 0 saturated heterocycles. The lowest BCUT2D eigenvalue weighted by Crippen LogP contribution is -2.33. The number of carbonyl (C=O) groups excluding carboxylic acids is 2. The normalized spacial score (nSPS) is 15.9. The molecule has 164 valence electrons. The second-order valence-corrected chi connectivity index (χ2v) is 8.14. The van der Waals surface area contributed by atoms with Crippen LogP contribution in [0.3, 0.4) is 0 Å². The third-order valence-corrected chi connectivity index (χ3v) is 6.25. The van der Waals surface area contributed by atoms with E-state index < -0.39 is 17.7 Å². The summed E-state index contributed by atoms with van der Waals surface area (Å²) in [5.41, 5.74) is 1.67. The van der Waals surface area contributed by atoms with Crippen molar-refractivity contribution in [1.29, 1.82) is 0 Å². The summed E-state index contributed by atoms with van der Waals surface area (Å²) in [4.78, 5) is 32.3. The number of ketones is 1. The molecule has 1 amide bonds. The number of hydrogen-bond donors (Lipinski definition) is 1. The standard InChI is InChI=1S/C24H22N2O5S/c1-30-17-8-7-15(13-18(17)31-2)9-11-26-21(16-5-3-10-25-14-16)20(23(28)24(26)29)22(27)19-6-4-12-32-19/h3-8,10,12-14,21,28H,9,11H2,1-2H3. The van der Waals surface area contributed by atoms with Crippen LogP contribution in [0.15, 0.2) is 71.6 Å². The maximum atomic E-state index is 13.2. The van der Waals surface area contributed by atoms with Crippen LogP contribution in [-0.2, 0) is 11.2 Å². The molecule has 0 fully saturated rings. The van der Waals surface area contributed by atoms with Crippen LogP contribution in [0.4, 0.5) is 0 Å². The lowest BCUT2D eigenvalue weighted by atomic mass is 9.96. The molecule has 1 atom stereocenters. The molecule has 1 aliphatic heterocycles. The van der Waals surface area contributed by atoms with Gasteiger partial charge in [0.05, 0.1) is 30.7 Å². The number of methoxy groups -OCH3 is 2. The van der Waals surface area contributed by atoms with Gasteiger partial charge in [-0.1, -0.05) is 18.2 Å². The number of thiophene rings is 1. The van der Waals surface area contributed by atoms with Crippen molar-refractivity contribution in [2.75, 3.05) is 20.8 Å². The van der Waals surface area contributed by atoms with Gasteiger partial charge in [-0.2, -0.15) is 0 Å². The molecular formula is C24H22N2O5S. The van der Waals surface area contributed by atoms with Crippen LogP contribution in [0, 0.1) is 0 Å². The molecule has 0 spiro atoms. The molecule has 32 heavy (non-hydrogen) atoms. The Hall–Kier alpha value is -3.65. The minimum Gasteiger partial charge on any atom is -0.503 e. The number of nitrogens with zero attached hydrogens (tertiary/aromatic N) is 2. The van der Waals surface area contributed by atoms with Crippen molar-refractivity contribution in [1.82, 2.24) is 9.88 Å². The average molecular weight is 451 g/mol. The summed E-state index contributed by atoms with van der Waals surface area (Å²) in [6.45, 7) is 0.291. The Kier molecular flexibility index (Phi) is 6.23. The van der Waals surface area contributed by atoms with Gasteiger partial charge in [0, 0.05) is 18.9 Å². The van der Waals surface area contributed by atoms with Crippen LogP contribution >= 0.6 is 11.3 Å². The van der Waals surface area contributed by atoms with Gasteiger partial charge in [-0.25, -0.2) is 0 Å². The van der Waals surface area contributed by atoms with E-state index >= 15 is 0 Å². The van der Waals surface area contributed by atoms with Gasteiger partial charge >= 0.3 is 0 Å². The summed E-state index contributed by atoms with van der Waals surface area (Å²) >= 11 is 1.27. The predicted molar refractivity (Wildman–Crippen MR) is 120 cm³/mol. The van der Waals surface area contributed by atoms with Gasteiger partial charge in [0.2, 0.25) is 5.78 Å². The third-order valence-electron chi connectivity index (χ3n) is 5.38. The first-order valence-electron chi connectivity index (χ1n) is 9.98. The summed E-state index contributed by atoms with van der Waals surface area (Å²) in [6, 6.07) is 11.8. The summed E-state index contributed by atoms with van der Waals surface area (Å²) in [5, 5.41) is 12.5. The predicted octanol–water partition coefficient (Wildman–Crippen LogP) is 3.98. The molecule has 3 aromatic rings. The van der Waals surface area contributed by atoms with Gasteiger partial charge < -0.3 is 19.5 Å². The smallest absolute Gasteiger partial charge is 0.290 e. The number of carbonyl (C=O) groups is 2. The molecule has 1 aliphatic rings. The Balaban J connectivity index is 1.66. The van der Waals surface area contributed by atoms with Crippen molar-refractivity contribution in [2.24, 2.45) is 0 Å². The topological polar surface area (TPSA) is 89.0 Å². The molecule has 0 bridgehead atoms. The summed E-state index contributed by atoms with van der Waals surface area (Å²) in [5.74, 6) is -0.224. The highest BCUT2D eigenvalue weighted by atomic mass is 32.1. The Bertz CT molecular complexity index is 1160. The van der Waals surface area contributed by atoms with E-state index in [2.05, 4.69) is 4.98 Å². The Morgan fingerprint density at radius 1 is 1.16 bits per heavy atom. The highest BCUT2D eigenvalue weighted by molar-refractivity contribution is 7.12. The fourth-order valence-corrected chi connectivity index (χ4v) is 4.50. The maximum absolute atomic E-state index is 13.2. The molecule has 8 heteroatoms. The fourth-order valence-electron chi connectivity index (χ4n) is 3.83. The zero-order valence-corrected chi connectivity index (χ0v) is 18.5. The van der Waals surface area contributed by atoms with E-state index in [9.17, 15) is 14.7 Å². The number of rotatable bonds is 8. The summed E-state index contributed by atoms with van der Waals surface area (Å²) < 4.78 is 10.6. The molecule has 7 nitrogen and oxygen atoms in total. The van der Waals surface area contributed by atoms with Crippen LogP contribution in [0.2, 0.25) is 0 Å². The third kappa shape index (κ3) is 3.97. The first-order chi connectivity index (χ1) is 15.5. The van der Waals surface area contributed by atoms with Gasteiger partial charge in [-0.15, -0.1) is 11.3 Å². The number of hydrogen-bond acceptors (Lipinski definition) is 7. The number of ether oxygens (including phenoxy) is 2. The number of aliphatic hydroxyl groups excluding tert-OH is 1. The van der Waals surface area contributed by atoms with E-state index in [1.807, 2.05) is 12.1 Å². The minimum absolute atomic E-state index is 0.0813. The van der Waals surface area contributed by atoms with Crippen LogP contribution in [-0.4, -0.2) is 47.4 Å². The number of amides is 1. The van der Waals surface area contributed by atoms with Crippen LogP contribution < -0.4 is 9.47 Å². The van der Waals surface area contributed by atoms with Crippen molar-refractivity contribution in [2.45, 2.75) is 12.5 Å². The number of benzene rings is 1. The Labute approximate surface area is 189 Å². The number of pyridine rings is 1. The molecule has 0 saturated carbocycles. The molecular weight excluding hydrogens is 428 g/mol. The van der Waals surface area contributed by atoms with E-state index in [0.717, 1.165) is 5.56 Å². The van der Waals surface area contributed by atoms with Gasteiger partial charge in [-0.05, 0) is 47.2 Å².